The number of carbonyl (C=O) groups is 1. The number of anilines is 1. The molecule has 0 saturated carbocycles. The maximum atomic E-state index is 13.1. The van der Waals surface area contributed by atoms with Gasteiger partial charge in [0.1, 0.15) is 0 Å². The van der Waals surface area contributed by atoms with Gasteiger partial charge in [0.25, 0.3) is 15.9 Å². The van der Waals surface area contributed by atoms with Crippen molar-refractivity contribution in [1.29, 1.82) is 0 Å². The fourth-order valence-corrected chi connectivity index (χ4v) is 5.79. The summed E-state index contributed by atoms with van der Waals surface area (Å²) in [7, 11) is -4.34. The van der Waals surface area contributed by atoms with E-state index in [1.165, 1.54) is 6.07 Å². The van der Waals surface area contributed by atoms with Crippen LogP contribution < -0.4 is 15.6 Å². The summed E-state index contributed by atoms with van der Waals surface area (Å²) in [5.41, 5.74) is 8.12. The minimum Gasteiger partial charge on any atom is -0.364 e. The number of rotatable bonds is 6. The van der Waals surface area contributed by atoms with E-state index in [1.807, 2.05) is 0 Å². The molecule has 13 heteroatoms. The number of nitrogens with one attached hydrogen (secondary N) is 1. The van der Waals surface area contributed by atoms with Gasteiger partial charge in [-0.15, -0.1) is 0 Å². The maximum absolute atomic E-state index is 13.1. The molecule has 0 unspecified atom stereocenters. The Labute approximate surface area is 220 Å². The number of aryl methyl sites for hydroxylation is 1. The highest BCUT2D eigenvalue weighted by atomic mass is 32.2. The molecular weight excluding hydrogens is 539 g/mol. The van der Waals surface area contributed by atoms with E-state index in [4.69, 9.17) is 10.9 Å². The molecule has 0 fully saturated rings. The third-order valence-electron chi connectivity index (χ3n) is 6.17. The van der Waals surface area contributed by atoms with Gasteiger partial charge in [0.05, 0.1) is 21.8 Å². The van der Waals surface area contributed by atoms with E-state index in [1.54, 1.807) is 41.1 Å². The average Bonchev–Trinajstić information content (AvgIpc) is 3.29. The lowest BCUT2D eigenvalue weighted by atomic mass is 9.88. The summed E-state index contributed by atoms with van der Waals surface area (Å²) in [5, 5.41) is 10.1. The number of primary amides is 1. The van der Waals surface area contributed by atoms with E-state index in [0.717, 1.165) is 40.6 Å². The molecule has 1 aliphatic rings. The van der Waals surface area contributed by atoms with Gasteiger partial charge in [-0.25, -0.2) is 13.1 Å². The van der Waals surface area contributed by atoms with E-state index in [-0.39, 0.29) is 11.4 Å². The van der Waals surface area contributed by atoms with Gasteiger partial charge in [-0.05, 0) is 85.0 Å². The number of alkyl halides is 3. The first-order valence-electron chi connectivity index (χ1n) is 11.2. The Hall–Kier alpha value is -3.81. The number of hydrogen-bond donors (Lipinski definition) is 3. The van der Waals surface area contributed by atoms with E-state index in [2.05, 4.69) is 9.82 Å². The summed E-state index contributed by atoms with van der Waals surface area (Å²) in [5.74, 6) is -0.695. The van der Waals surface area contributed by atoms with Crippen molar-refractivity contribution in [3.63, 3.8) is 0 Å². The fraction of sp³-hybridized carbons (Fsp3) is 0.120. The normalized spacial score (nSPS) is 13.1. The molecule has 3 aromatic carbocycles. The first kappa shape index (κ1) is 25.8. The molecule has 1 aliphatic carbocycles. The van der Waals surface area contributed by atoms with Crippen molar-refractivity contribution in [2.45, 2.75) is 28.8 Å². The van der Waals surface area contributed by atoms with Crippen LogP contribution in [0.5, 0.6) is 0 Å². The maximum Gasteiger partial charge on any atom is 0.416 e. The van der Waals surface area contributed by atoms with Crippen LogP contribution in [0, 0.1) is 0 Å². The molecule has 0 bridgehead atoms. The molecule has 1 aromatic heterocycles. The van der Waals surface area contributed by atoms with Crippen molar-refractivity contribution < 1.29 is 26.4 Å². The largest absolute Gasteiger partial charge is 0.416 e. The lowest BCUT2D eigenvalue weighted by Gasteiger charge is -2.20. The van der Waals surface area contributed by atoms with Crippen molar-refractivity contribution >= 4 is 33.6 Å². The third-order valence-corrected chi connectivity index (χ3v) is 8.09. The van der Waals surface area contributed by atoms with Gasteiger partial charge in [-0.1, -0.05) is 12.1 Å². The minimum absolute atomic E-state index is 0.109. The van der Waals surface area contributed by atoms with Crippen molar-refractivity contribution in [1.82, 2.24) is 9.78 Å². The van der Waals surface area contributed by atoms with Crippen LogP contribution in [0.4, 0.5) is 18.9 Å². The van der Waals surface area contributed by atoms with E-state index >= 15 is 0 Å². The molecular formula is C25H20F3N5O3S2. The lowest BCUT2D eigenvalue weighted by molar-refractivity contribution is -0.137. The van der Waals surface area contributed by atoms with Crippen LogP contribution >= 0.6 is 11.9 Å². The monoisotopic (exact) mass is 559 g/mol. The lowest BCUT2D eigenvalue weighted by Crippen LogP contribution is -2.16. The molecule has 0 atom stereocenters. The SMILES string of the molecule is NSc1ccc(-n2nc(C(N)=O)c3c2-c2cc(NS(=O)(=O)c4cccc(C(F)(F)F)c4)ccc2CC3)cc1. The van der Waals surface area contributed by atoms with Gasteiger partial charge in [0.2, 0.25) is 0 Å². The Morgan fingerprint density at radius 2 is 1.76 bits per heavy atom. The number of nitrogens with zero attached hydrogens (tertiary/aromatic N) is 2. The van der Waals surface area contributed by atoms with Crippen molar-refractivity contribution in [3.8, 4) is 16.9 Å². The highest BCUT2D eigenvalue weighted by Crippen LogP contribution is 2.39. The number of halogens is 3. The molecule has 0 spiro atoms. The standard InChI is InChI=1S/C25H20F3N5O3S2/c26-25(27,28)15-2-1-3-19(12-15)38(35,36)32-16-6-4-14-5-11-20-22(24(29)34)31-33(23(20)21(14)13-16)17-7-9-18(37-30)10-8-17/h1-4,6-10,12-13,32H,5,11,30H2,(H2,29,34). The molecule has 1 heterocycles. The molecule has 4 aromatic rings. The first-order chi connectivity index (χ1) is 18.0. The molecule has 38 heavy (non-hydrogen) atoms. The average molecular weight is 560 g/mol. The molecule has 5 rings (SSSR count). The Balaban J connectivity index is 1.59. The number of benzene rings is 3. The fourth-order valence-electron chi connectivity index (χ4n) is 4.41. The van der Waals surface area contributed by atoms with E-state index < -0.39 is 32.6 Å². The predicted octanol–water partition coefficient (Wildman–Crippen LogP) is 4.52. The van der Waals surface area contributed by atoms with E-state index in [0.29, 0.717) is 41.4 Å². The second-order valence-corrected chi connectivity index (χ2v) is 11.0. The van der Waals surface area contributed by atoms with Gasteiger partial charge in [0, 0.05) is 21.7 Å². The number of aromatic nitrogens is 2. The van der Waals surface area contributed by atoms with Crippen LogP contribution in [0.3, 0.4) is 0 Å². The number of fused-ring (bicyclic) bond motifs is 3. The molecule has 8 nitrogen and oxygen atoms in total. The zero-order chi connectivity index (χ0) is 27.2. The molecule has 196 valence electrons. The summed E-state index contributed by atoms with van der Waals surface area (Å²) in [6.45, 7) is 0. The second-order valence-electron chi connectivity index (χ2n) is 8.57. The summed E-state index contributed by atoms with van der Waals surface area (Å²) >= 11 is 1.08. The Morgan fingerprint density at radius 1 is 1.03 bits per heavy atom. The molecule has 0 saturated heterocycles. The highest BCUT2D eigenvalue weighted by Gasteiger charge is 2.32. The van der Waals surface area contributed by atoms with Gasteiger partial charge < -0.3 is 5.73 Å². The number of carbonyl (C=O) groups excluding carboxylic acids is 1. The van der Waals surface area contributed by atoms with Crippen molar-refractivity contribution in [2.75, 3.05) is 4.72 Å². The Kier molecular flexibility index (Phi) is 6.45. The quantitative estimate of drug-likeness (QED) is 0.298. The van der Waals surface area contributed by atoms with Crippen molar-refractivity contribution in [3.05, 3.63) is 89.1 Å². The first-order valence-corrected chi connectivity index (χ1v) is 13.6. The number of amides is 1. The number of sulfonamides is 1. The molecule has 5 N–H and O–H groups in total. The predicted molar refractivity (Wildman–Crippen MR) is 137 cm³/mol. The van der Waals surface area contributed by atoms with Gasteiger partial charge in [0.15, 0.2) is 5.69 Å². The zero-order valence-corrected chi connectivity index (χ0v) is 21.1. The van der Waals surface area contributed by atoms with Crippen molar-refractivity contribution in [2.24, 2.45) is 10.9 Å². The second kappa shape index (κ2) is 9.49. The molecule has 1 amide bonds. The third kappa shape index (κ3) is 4.75. The van der Waals surface area contributed by atoms with Gasteiger partial charge in [-0.2, -0.15) is 18.3 Å². The summed E-state index contributed by atoms with van der Waals surface area (Å²) in [6, 6.07) is 15.5. The molecule has 0 radical (unpaired) electrons. The van der Waals surface area contributed by atoms with Crippen LogP contribution in [-0.2, 0) is 29.0 Å². The number of hydrogen-bond acceptors (Lipinski definition) is 6. The Bertz CT molecular complexity index is 1670. The summed E-state index contributed by atoms with van der Waals surface area (Å²) in [4.78, 5) is 12.5. The topological polar surface area (TPSA) is 133 Å². The van der Waals surface area contributed by atoms with Gasteiger partial charge in [-0.3, -0.25) is 14.7 Å². The van der Waals surface area contributed by atoms with E-state index in [9.17, 15) is 26.4 Å². The van der Waals surface area contributed by atoms with Crippen LogP contribution in [0.25, 0.3) is 16.9 Å². The van der Waals surface area contributed by atoms with Crippen LogP contribution in [0.1, 0.15) is 27.2 Å². The number of nitrogens with two attached hydrogens (primary N) is 2. The summed E-state index contributed by atoms with van der Waals surface area (Å²) < 4.78 is 69.3. The Morgan fingerprint density at radius 3 is 2.42 bits per heavy atom. The smallest absolute Gasteiger partial charge is 0.364 e. The molecule has 0 aliphatic heterocycles. The van der Waals surface area contributed by atoms with Crippen LogP contribution in [0.2, 0.25) is 0 Å². The van der Waals surface area contributed by atoms with Crippen LogP contribution in [-0.4, -0.2) is 24.1 Å². The minimum atomic E-state index is -4.69. The summed E-state index contributed by atoms with van der Waals surface area (Å²) in [6.07, 6.45) is -3.64. The zero-order valence-electron chi connectivity index (χ0n) is 19.5. The highest BCUT2D eigenvalue weighted by molar-refractivity contribution is 7.97. The van der Waals surface area contributed by atoms with Crippen LogP contribution in [0.15, 0.2) is 76.5 Å². The van der Waals surface area contributed by atoms with Gasteiger partial charge >= 0.3 is 6.18 Å².